The predicted octanol–water partition coefficient (Wildman–Crippen LogP) is 2.97. The summed E-state index contributed by atoms with van der Waals surface area (Å²) in [5.74, 6) is 6.00. The van der Waals surface area contributed by atoms with Gasteiger partial charge < -0.3 is 0 Å². The summed E-state index contributed by atoms with van der Waals surface area (Å²) in [4.78, 5) is 2.65. The molecule has 3 nitrogen and oxygen atoms in total. The molecule has 1 atom stereocenters. The standard InChI is InChI=1S/C16H31N3/c1-3-19(4-2)16(12-8-9-13-16)15(18-17)14-10-6-5-7-11-14/h10,15,18H,3-9,11-13,17H2,1-2H3. The van der Waals surface area contributed by atoms with Crippen LogP contribution in [0, 0.1) is 0 Å². The van der Waals surface area contributed by atoms with Crippen LogP contribution in [0.1, 0.15) is 65.2 Å². The fourth-order valence-corrected chi connectivity index (χ4v) is 4.36. The Balaban J connectivity index is 2.27. The zero-order chi connectivity index (χ0) is 13.7. The zero-order valence-electron chi connectivity index (χ0n) is 12.8. The minimum Gasteiger partial charge on any atom is -0.296 e. The van der Waals surface area contributed by atoms with Crippen LogP contribution in [0.4, 0.5) is 0 Å². The second-order valence-electron chi connectivity index (χ2n) is 6.11. The van der Waals surface area contributed by atoms with Crippen LogP contribution in [0.15, 0.2) is 11.6 Å². The third kappa shape index (κ3) is 2.88. The molecule has 110 valence electrons. The molecule has 2 rings (SSSR count). The Morgan fingerprint density at radius 1 is 1.21 bits per heavy atom. The van der Waals surface area contributed by atoms with E-state index in [1.807, 2.05) is 0 Å². The molecule has 0 aromatic carbocycles. The molecule has 2 aliphatic rings. The summed E-state index contributed by atoms with van der Waals surface area (Å²) < 4.78 is 0. The quantitative estimate of drug-likeness (QED) is 0.441. The van der Waals surface area contributed by atoms with Gasteiger partial charge in [0, 0.05) is 5.54 Å². The van der Waals surface area contributed by atoms with E-state index in [1.54, 1.807) is 5.57 Å². The Labute approximate surface area is 118 Å². The molecular weight excluding hydrogens is 234 g/mol. The maximum atomic E-state index is 6.00. The maximum absolute atomic E-state index is 6.00. The number of likely N-dealkylation sites (N-methyl/N-ethyl adjacent to an activating group) is 1. The van der Waals surface area contributed by atoms with Crippen molar-refractivity contribution in [3.63, 3.8) is 0 Å². The topological polar surface area (TPSA) is 41.3 Å². The summed E-state index contributed by atoms with van der Waals surface area (Å²) in [5.41, 5.74) is 5.03. The average molecular weight is 265 g/mol. The summed E-state index contributed by atoms with van der Waals surface area (Å²) >= 11 is 0. The first-order chi connectivity index (χ1) is 9.28. The van der Waals surface area contributed by atoms with E-state index < -0.39 is 0 Å². The molecule has 1 saturated carbocycles. The molecular formula is C16H31N3. The maximum Gasteiger partial charge on any atom is 0.0604 e. The molecule has 3 heteroatoms. The number of hydrogen-bond acceptors (Lipinski definition) is 3. The Kier molecular flexibility index (Phi) is 5.43. The van der Waals surface area contributed by atoms with Gasteiger partial charge in [0.2, 0.25) is 0 Å². The van der Waals surface area contributed by atoms with Crippen molar-refractivity contribution in [2.45, 2.75) is 76.8 Å². The van der Waals surface area contributed by atoms with Gasteiger partial charge in [-0.25, -0.2) is 0 Å². The number of hydrazine groups is 1. The molecule has 0 saturated heterocycles. The van der Waals surface area contributed by atoms with E-state index in [4.69, 9.17) is 5.84 Å². The molecule has 2 aliphatic carbocycles. The van der Waals surface area contributed by atoms with Gasteiger partial charge in [0.05, 0.1) is 6.04 Å². The van der Waals surface area contributed by atoms with Gasteiger partial charge in [-0.2, -0.15) is 0 Å². The lowest BCUT2D eigenvalue weighted by molar-refractivity contribution is 0.0737. The third-order valence-electron chi connectivity index (χ3n) is 5.26. The number of hydrogen-bond donors (Lipinski definition) is 2. The van der Waals surface area contributed by atoms with Crippen molar-refractivity contribution in [1.29, 1.82) is 0 Å². The lowest BCUT2D eigenvalue weighted by Gasteiger charge is -2.47. The molecule has 0 amide bonds. The van der Waals surface area contributed by atoms with Crippen molar-refractivity contribution in [2.24, 2.45) is 5.84 Å². The number of nitrogens with zero attached hydrogens (tertiary/aromatic N) is 1. The first kappa shape index (κ1) is 15.0. The van der Waals surface area contributed by atoms with Crippen molar-refractivity contribution < 1.29 is 0 Å². The molecule has 0 aliphatic heterocycles. The van der Waals surface area contributed by atoms with Gasteiger partial charge in [0.1, 0.15) is 0 Å². The van der Waals surface area contributed by atoms with Crippen molar-refractivity contribution in [1.82, 2.24) is 10.3 Å². The number of allylic oxidation sites excluding steroid dienone is 1. The van der Waals surface area contributed by atoms with Gasteiger partial charge in [-0.1, -0.05) is 38.3 Å². The Morgan fingerprint density at radius 3 is 2.37 bits per heavy atom. The minimum atomic E-state index is 0.265. The Hall–Kier alpha value is -0.380. The van der Waals surface area contributed by atoms with Crippen molar-refractivity contribution in [3.8, 4) is 0 Å². The zero-order valence-corrected chi connectivity index (χ0v) is 12.8. The highest BCUT2D eigenvalue weighted by Crippen LogP contribution is 2.41. The van der Waals surface area contributed by atoms with Gasteiger partial charge >= 0.3 is 0 Å². The van der Waals surface area contributed by atoms with Crippen molar-refractivity contribution in [2.75, 3.05) is 13.1 Å². The van der Waals surface area contributed by atoms with E-state index in [0.717, 1.165) is 13.1 Å². The smallest absolute Gasteiger partial charge is 0.0604 e. The molecule has 0 heterocycles. The third-order valence-corrected chi connectivity index (χ3v) is 5.26. The van der Waals surface area contributed by atoms with Crippen LogP contribution in [-0.2, 0) is 0 Å². The van der Waals surface area contributed by atoms with E-state index >= 15 is 0 Å². The number of rotatable bonds is 6. The van der Waals surface area contributed by atoms with Crippen molar-refractivity contribution >= 4 is 0 Å². The lowest BCUT2D eigenvalue weighted by Crippen LogP contribution is -2.62. The first-order valence-corrected chi connectivity index (χ1v) is 8.18. The molecule has 0 spiro atoms. The highest BCUT2D eigenvalue weighted by atomic mass is 15.3. The minimum absolute atomic E-state index is 0.265. The van der Waals surface area contributed by atoms with Gasteiger partial charge in [-0.15, -0.1) is 0 Å². The monoisotopic (exact) mass is 265 g/mol. The number of nitrogens with two attached hydrogens (primary N) is 1. The summed E-state index contributed by atoms with van der Waals surface area (Å²) in [6.07, 6.45) is 12.9. The van der Waals surface area contributed by atoms with Crippen LogP contribution in [0.3, 0.4) is 0 Å². The Morgan fingerprint density at radius 2 is 1.89 bits per heavy atom. The molecule has 19 heavy (non-hydrogen) atoms. The highest BCUT2D eigenvalue weighted by molar-refractivity contribution is 5.22. The Bertz CT molecular complexity index is 301. The molecule has 0 aromatic heterocycles. The lowest BCUT2D eigenvalue weighted by atomic mass is 9.78. The normalized spacial score (nSPS) is 24.5. The van der Waals surface area contributed by atoms with Gasteiger partial charge in [0.15, 0.2) is 0 Å². The SMILES string of the molecule is CCN(CC)C1(C(NN)C2=CCCCC2)CCCC1. The van der Waals surface area contributed by atoms with Gasteiger partial charge in [0.25, 0.3) is 0 Å². The van der Waals surface area contributed by atoms with Crippen LogP contribution in [-0.4, -0.2) is 29.6 Å². The summed E-state index contributed by atoms with van der Waals surface area (Å²) in [5, 5.41) is 0. The van der Waals surface area contributed by atoms with Crippen LogP contribution < -0.4 is 11.3 Å². The second-order valence-corrected chi connectivity index (χ2v) is 6.11. The summed E-state index contributed by atoms with van der Waals surface area (Å²) in [7, 11) is 0. The van der Waals surface area contributed by atoms with Crippen LogP contribution in [0.2, 0.25) is 0 Å². The fourth-order valence-electron chi connectivity index (χ4n) is 4.36. The van der Waals surface area contributed by atoms with Crippen LogP contribution in [0.5, 0.6) is 0 Å². The highest BCUT2D eigenvalue weighted by Gasteiger charge is 2.45. The molecule has 0 radical (unpaired) electrons. The second kappa shape index (κ2) is 6.87. The average Bonchev–Trinajstić information content (AvgIpc) is 2.92. The largest absolute Gasteiger partial charge is 0.296 e. The van der Waals surface area contributed by atoms with Crippen LogP contribution in [0.25, 0.3) is 0 Å². The molecule has 1 unspecified atom stereocenters. The van der Waals surface area contributed by atoms with E-state index in [9.17, 15) is 0 Å². The molecule has 3 N–H and O–H groups in total. The summed E-state index contributed by atoms with van der Waals surface area (Å²) in [6, 6.07) is 0.357. The predicted molar refractivity (Wildman–Crippen MR) is 81.8 cm³/mol. The van der Waals surface area contributed by atoms with Crippen molar-refractivity contribution in [3.05, 3.63) is 11.6 Å². The first-order valence-electron chi connectivity index (χ1n) is 8.18. The fraction of sp³-hybridized carbons (Fsp3) is 0.875. The van der Waals surface area contributed by atoms with E-state index in [2.05, 4.69) is 30.2 Å². The van der Waals surface area contributed by atoms with E-state index in [-0.39, 0.29) is 5.54 Å². The van der Waals surface area contributed by atoms with E-state index in [1.165, 1.54) is 51.4 Å². The molecule has 0 bridgehead atoms. The van der Waals surface area contributed by atoms with Gasteiger partial charge in [-0.05, 0) is 51.6 Å². The molecule has 1 fully saturated rings. The molecule has 0 aromatic rings. The van der Waals surface area contributed by atoms with E-state index in [0.29, 0.717) is 6.04 Å². The summed E-state index contributed by atoms with van der Waals surface area (Å²) in [6.45, 7) is 6.82. The van der Waals surface area contributed by atoms with Gasteiger partial charge in [-0.3, -0.25) is 16.2 Å². The van der Waals surface area contributed by atoms with Crippen LogP contribution >= 0.6 is 0 Å². The number of nitrogens with one attached hydrogen (secondary N) is 1.